The lowest BCUT2D eigenvalue weighted by Gasteiger charge is -2.28. The Labute approximate surface area is 120 Å². The quantitative estimate of drug-likeness (QED) is 0.793. The molecule has 4 heteroatoms. The molecule has 0 amide bonds. The largest absolute Gasteiger partial charge is 0.492 e. The molecule has 0 bridgehead atoms. The maximum Gasteiger partial charge on any atom is 0.335 e. The average Bonchev–Trinajstić information content (AvgIpc) is 3.28. The number of ether oxygens (including phenoxy) is 1. The minimum atomic E-state index is -0.909. The number of benzene rings is 1. The predicted molar refractivity (Wildman–Crippen MR) is 78.4 cm³/mol. The van der Waals surface area contributed by atoms with E-state index in [0.29, 0.717) is 12.6 Å². The number of rotatable bonds is 8. The number of hydrogen-bond acceptors (Lipinski definition) is 3. The normalized spacial score (nSPS) is 16.1. The van der Waals surface area contributed by atoms with Crippen LogP contribution >= 0.6 is 0 Å². The molecular weight excluding hydrogens is 254 g/mol. The molecule has 0 aliphatic heterocycles. The highest BCUT2D eigenvalue weighted by Crippen LogP contribution is 2.29. The average molecular weight is 277 g/mol. The van der Waals surface area contributed by atoms with Crippen LogP contribution in [0.3, 0.4) is 0 Å². The summed E-state index contributed by atoms with van der Waals surface area (Å²) in [6.45, 7) is 6.05. The molecule has 0 aromatic heterocycles. The van der Waals surface area contributed by atoms with Crippen molar-refractivity contribution in [1.29, 1.82) is 0 Å². The zero-order valence-electron chi connectivity index (χ0n) is 12.2. The Morgan fingerprint density at radius 2 is 2.05 bits per heavy atom. The van der Waals surface area contributed by atoms with Gasteiger partial charge in [-0.15, -0.1) is 0 Å². The Bertz CT molecular complexity index is 440. The van der Waals surface area contributed by atoms with E-state index in [1.165, 1.54) is 12.8 Å². The molecule has 0 saturated heterocycles. The van der Waals surface area contributed by atoms with Gasteiger partial charge >= 0.3 is 5.97 Å². The molecule has 1 atom stereocenters. The van der Waals surface area contributed by atoms with E-state index in [1.54, 1.807) is 24.3 Å². The van der Waals surface area contributed by atoms with Crippen LogP contribution in [0.4, 0.5) is 0 Å². The summed E-state index contributed by atoms with van der Waals surface area (Å²) in [6.07, 6.45) is 3.76. The SMILES string of the molecule is CCC(C)N(CCOc1ccc(C(=O)O)cc1)C1CC1. The molecule has 1 fully saturated rings. The van der Waals surface area contributed by atoms with Gasteiger partial charge in [-0.2, -0.15) is 0 Å². The molecule has 1 N–H and O–H groups in total. The molecule has 20 heavy (non-hydrogen) atoms. The first-order valence-corrected chi connectivity index (χ1v) is 7.33. The third-order valence-electron chi connectivity index (χ3n) is 3.89. The van der Waals surface area contributed by atoms with Crippen LogP contribution in [0.25, 0.3) is 0 Å². The maximum absolute atomic E-state index is 10.8. The van der Waals surface area contributed by atoms with Crippen molar-refractivity contribution in [3.8, 4) is 5.75 Å². The highest BCUT2D eigenvalue weighted by molar-refractivity contribution is 5.87. The van der Waals surface area contributed by atoms with Crippen LogP contribution in [0.15, 0.2) is 24.3 Å². The van der Waals surface area contributed by atoms with Gasteiger partial charge < -0.3 is 9.84 Å². The number of carboxylic acid groups (broad SMARTS) is 1. The summed E-state index contributed by atoms with van der Waals surface area (Å²) in [7, 11) is 0. The van der Waals surface area contributed by atoms with Crippen molar-refractivity contribution in [2.24, 2.45) is 0 Å². The van der Waals surface area contributed by atoms with E-state index < -0.39 is 5.97 Å². The van der Waals surface area contributed by atoms with E-state index in [-0.39, 0.29) is 5.56 Å². The van der Waals surface area contributed by atoms with Crippen molar-refractivity contribution in [3.63, 3.8) is 0 Å². The molecular formula is C16H23NO3. The van der Waals surface area contributed by atoms with E-state index in [0.717, 1.165) is 24.8 Å². The first-order valence-electron chi connectivity index (χ1n) is 7.33. The van der Waals surface area contributed by atoms with Crippen molar-refractivity contribution < 1.29 is 14.6 Å². The van der Waals surface area contributed by atoms with Gasteiger partial charge in [0, 0.05) is 18.6 Å². The van der Waals surface area contributed by atoms with Crippen LogP contribution in [0.5, 0.6) is 5.75 Å². The monoisotopic (exact) mass is 277 g/mol. The Balaban J connectivity index is 1.80. The Hall–Kier alpha value is -1.55. The van der Waals surface area contributed by atoms with Crippen LogP contribution in [-0.2, 0) is 0 Å². The first kappa shape index (κ1) is 14.9. The van der Waals surface area contributed by atoms with Gasteiger partial charge in [0.1, 0.15) is 12.4 Å². The number of nitrogens with zero attached hydrogens (tertiary/aromatic N) is 1. The fourth-order valence-corrected chi connectivity index (χ4v) is 2.37. The molecule has 1 aromatic rings. The van der Waals surface area contributed by atoms with Gasteiger partial charge in [-0.05, 0) is 50.5 Å². The maximum atomic E-state index is 10.8. The van der Waals surface area contributed by atoms with Crippen LogP contribution in [0.1, 0.15) is 43.5 Å². The predicted octanol–water partition coefficient (Wildman–Crippen LogP) is 3.03. The van der Waals surface area contributed by atoms with Crippen LogP contribution < -0.4 is 4.74 Å². The van der Waals surface area contributed by atoms with Gasteiger partial charge in [0.05, 0.1) is 5.56 Å². The van der Waals surface area contributed by atoms with Crippen molar-refractivity contribution in [1.82, 2.24) is 4.90 Å². The lowest BCUT2D eigenvalue weighted by Crippen LogP contribution is -2.37. The summed E-state index contributed by atoms with van der Waals surface area (Å²) in [4.78, 5) is 13.3. The molecule has 2 rings (SSSR count). The van der Waals surface area contributed by atoms with Crippen LogP contribution in [-0.4, -0.2) is 41.2 Å². The number of hydrogen-bond donors (Lipinski definition) is 1. The summed E-state index contributed by atoms with van der Waals surface area (Å²) in [6, 6.07) is 7.92. The Morgan fingerprint density at radius 1 is 1.40 bits per heavy atom. The fourth-order valence-electron chi connectivity index (χ4n) is 2.37. The first-order chi connectivity index (χ1) is 9.61. The summed E-state index contributed by atoms with van der Waals surface area (Å²) >= 11 is 0. The highest BCUT2D eigenvalue weighted by atomic mass is 16.5. The molecule has 1 saturated carbocycles. The zero-order valence-corrected chi connectivity index (χ0v) is 12.2. The van der Waals surface area contributed by atoms with E-state index in [9.17, 15) is 4.79 Å². The lowest BCUT2D eigenvalue weighted by atomic mass is 10.2. The van der Waals surface area contributed by atoms with Crippen molar-refractivity contribution >= 4 is 5.97 Å². The summed E-state index contributed by atoms with van der Waals surface area (Å²) in [5.41, 5.74) is 0.288. The standard InChI is InChI=1S/C16H23NO3/c1-3-12(2)17(14-6-7-14)10-11-20-15-8-4-13(5-9-15)16(18)19/h4-5,8-9,12,14H,3,6-7,10-11H2,1-2H3,(H,18,19). The van der Waals surface area contributed by atoms with Crippen molar-refractivity contribution in [2.75, 3.05) is 13.2 Å². The Morgan fingerprint density at radius 3 is 2.55 bits per heavy atom. The molecule has 0 heterocycles. The minimum absolute atomic E-state index is 0.288. The van der Waals surface area contributed by atoms with E-state index >= 15 is 0 Å². The molecule has 1 aromatic carbocycles. The topological polar surface area (TPSA) is 49.8 Å². The van der Waals surface area contributed by atoms with Gasteiger partial charge in [0.2, 0.25) is 0 Å². The van der Waals surface area contributed by atoms with Gasteiger partial charge in [0.15, 0.2) is 0 Å². The van der Waals surface area contributed by atoms with E-state index in [1.807, 2.05) is 0 Å². The van der Waals surface area contributed by atoms with Crippen molar-refractivity contribution in [2.45, 2.75) is 45.2 Å². The second-order valence-corrected chi connectivity index (χ2v) is 5.40. The molecule has 0 radical (unpaired) electrons. The summed E-state index contributed by atoms with van der Waals surface area (Å²) in [5, 5.41) is 8.83. The zero-order chi connectivity index (χ0) is 14.5. The molecule has 110 valence electrons. The molecule has 1 aliphatic rings. The summed E-state index contributed by atoms with van der Waals surface area (Å²) in [5.74, 6) is -0.178. The molecule has 1 unspecified atom stereocenters. The second kappa shape index (κ2) is 6.75. The smallest absolute Gasteiger partial charge is 0.335 e. The molecule has 0 spiro atoms. The molecule has 4 nitrogen and oxygen atoms in total. The number of aromatic carboxylic acids is 1. The second-order valence-electron chi connectivity index (χ2n) is 5.40. The molecule has 1 aliphatic carbocycles. The number of carboxylic acids is 1. The van der Waals surface area contributed by atoms with Crippen LogP contribution in [0.2, 0.25) is 0 Å². The third-order valence-corrected chi connectivity index (χ3v) is 3.89. The van der Waals surface area contributed by atoms with Gasteiger partial charge in [-0.1, -0.05) is 6.92 Å². The van der Waals surface area contributed by atoms with Gasteiger partial charge in [0.25, 0.3) is 0 Å². The minimum Gasteiger partial charge on any atom is -0.492 e. The number of carbonyl (C=O) groups is 1. The van der Waals surface area contributed by atoms with E-state index in [2.05, 4.69) is 18.7 Å². The fraction of sp³-hybridized carbons (Fsp3) is 0.562. The highest BCUT2D eigenvalue weighted by Gasteiger charge is 2.31. The summed E-state index contributed by atoms with van der Waals surface area (Å²) < 4.78 is 5.71. The van der Waals surface area contributed by atoms with E-state index in [4.69, 9.17) is 9.84 Å². The van der Waals surface area contributed by atoms with Crippen molar-refractivity contribution in [3.05, 3.63) is 29.8 Å². The third kappa shape index (κ3) is 3.97. The van der Waals surface area contributed by atoms with Gasteiger partial charge in [-0.3, -0.25) is 4.90 Å². The Kier molecular flexibility index (Phi) is 5.01. The van der Waals surface area contributed by atoms with Crippen LogP contribution in [0, 0.1) is 0 Å². The lowest BCUT2D eigenvalue weighted by molar-refractivity contribution is 0.0697. The van der Waals surface area contributed by atoms with Gasteiger partial charge in [-0.25, -0.2) is 4.79 Å².